The zero-order valence-corrected chi connectivity index (χ0v) is 9.79. The number of halogens is 1. The summed E-state index contributed by atoms with van der Waals surface area (Å²) < 4.78 is 18.1. The standard InChI is InChI=1S/C13H18FNO2/c14-12-3-1-2-11(8-12)9-15-10-13(16)4-6-17-7-5-13/h1-3,8,15-16H,4-7,9-10H2. The summed E-state index contributed by atoms with van der Waals surface area (Å²) in [6.07, 6.45) is 1.31. The van der Waals surface area contributed by atoms with Gasteiger partial charge in [-0.25, -0.2) is 4.39 Å². The van der Waals surface area contributed by atoms with Crippen molar-refractivity contribution in [3.05, 3.63) is 35.6 Å². The van der Waals surface area contributed by atoms with E-state index in [1.165, 1.54) is 12.1 Å². The number of benzene rings is 1. The Hall–Kier alpha value is -0.970. The highest BCUT2D eigenvalue weighted by atomic mass is 19.1. The normalized spacial score (nSPS) is 19.2. The van der Waals surface area contributed by atoms with Crippen LogP contribution in [0.1, 0.15) is 18.4 Å². The van der Waals surface area contributed by atoms with Crippen LogP contribution >= 0.6 is 0 Å². The number of hydrogen-bond acceptors (Lipinski definition) is 3. The van der Waals surface area contributed by atoms with Crippen molar-refractivity contribution in [3.63, 3.8) is 0 Å². The first-order valence-electron chi connectivity index (χ1n) is 5.93. The molecule has 0 aromatic heterocycles. The summed E-state index contributed by atoms with van der Waals surface area (Å²) in [5.41, 5.74) is 0.214. The zero-order valence-electron chi connectivity index (χ0n) is 9.79. The molecular formula is C13H18FNO2. The molecule has 1 aliphatic heterocycles. The molecule has 1 aromatic rings. The van der Waals surface area contributed by atoms with Gasteiger partial charge in [0.05, 0.1) is 5.60 Å². The van der Waals surface area contributed by atoms with Gasteiger partial charge in [-0.3, -0.25) is 0 Å². The van der Waals surface area contributed by atoms with Crippen molar-refractivity contribution in [2.45, 2.75) is 25.0 Å². The minimum Gasteiger partial charge on any atom is -0.388 e. The molecule has 0 saturated carbocycles. The fourth-order valence-corrected chi connectivity index (χ4v) is 2.01. The molecule has 1 heterocycles. The molecule has 1 saturated heterocycles. The molecule has 1 aromatic carbocycles. The zero-order chi connectivity index (χ0) is 12.1. The quantitative estimate of drug-likeness (QED) is 0.835. The van der Waals surface area contributed by atoms with Gasteiger partial charge in [-0.1, -0.05) is 12.1 Å². The van der Waals surface area contributed by atoms with Crippen LogP contribution in [0.15, 0.2) is 24.3 Å². The van der Waals surface area contributed by atoms with Gasteiger partial charge < -0.3 is 15.2 Å². The Labute approximate surface area is 101 Å². The van der Waals surface area contributed by atoms with E-state index in [2.05, 4.69) is 5.32 Å². The molecule has 1 aliphatic rings. The van der Waals surface area contributed by atoms with E-state index in [1.807, 2.05) is 6.07 Å². The lowest BCUT2D eigenvalue weighted by Crippen LogP contribution is -2.44. The molecule has 0 bridgehead atoms. The predicted octanol–water partition coefficient (Wildman–Crippen LogP) is 1.46. The van der Waals surface area contributed by atoms with Gasteiger partial charge in [0.15, 0.2) is 0 Å². The molecule has 94 valence electrons. The molecule has 2 N–H and O–H groups in total. The van der Waals surface area contributed by atoms with E-state index in [0.717, 1.165) is 5.56 Å². The van der Waals surface area contributed by atoms with Crippen LogP contribution in [0.5, 0.6) is 0 Å². The third-order valence-corrected chi connectivity index (χ3v) is 3.10. The summed E-state index contributed by atoms with van der Waals surface area (Å²) in [6.45, 7) is 2.31. The Morgan fingerprint density at radius 2 is 2.12 bits per heavy atom. The van der Waals surface area contributed by atoms with Crippen LogP contribution in [0.25, 0.3) is 0 Å². The molecule has 0 spiro atoms. The Balaban J connectivity index is 1.79. The summed E-state index contributed by atoms with van der Waals surface area (Å²) in [7, 11) is 0. The molecular weight excluding hydrogens is 221 g/mol. The minimum absolute atomic E-state index is 0.228. The highest BCUT2D eigenvalue weighted by molar-refractivity contribution is 5.16. The largest absolute Gasteiger partial charge is 0.388 e. The van der Waals surface area contributed by atoms with Gasteiger partial charge in [-0.15, -0.1) is 0 Å². The molecule has 0 amide bonds. The maximum absolute atomic E-state index is 12.9. The smallest absolute Gasteiger partial charge is 0.123 e. The molecule has 2 rings (SSSR count). The second-order valence-electron chi connectivity index (χ2n) is 4.57. The Kier molecular flexibility index (Phi) is 4.10. The molecule has 0 unspecified atom stereocenters. The highest BCUT2D eigenvalue weighted by Crippen LogP contribution is 2.19. The van der Waals surface area contributed by atoms with E-state index in [9.17, 15) is 9.50 Å². The molecule has 0 radical (unpaired) electrons. The number of ether oxygens (including phenoxy) is 1. The lowest BCUT2D eigenvalue weighted by atomic mass is 9.94. The lowest BCUT2D eigenvalue weighted by Gasteiger charge is -2.32. The molecule has 4 heteroatoms. The maximum atomic E-state index is 12.9. The molecule has 17 heavy (non-hydrogen) atoms. The molecule has 1 fully saturated rings. The summed E-state index contributed by atoms with van der Waals surface area (Å²) in [6, 6.07) is 6.48. The Bertz CT molecular complexity index is 364. The summed E-state index contributed by atoms with van der Waals surface area (Å²) in [4.78, 5) is 0. The second kappa shape index (κ2) is 5.58. The summed E-state index contributed by atoms with van der Waals surface area (Å²) in [5.74, 6) is -0.228. The van der Waals surface area contributed by atoms with Crippen molar-refractivity contribution in [3.8, 4) is 0 Å². The summed E-state index contributed by atoms with van der Waals surface area (Å²) in [5, 5.41) is 13.4. The van der Waals surface area contributed by atoms with E-state index in [1.54, 1.807) is 6.07 Å². The van der Waals surface area contributed by atoms with E-state index < -0.39 is 5.60 Å². The average molecular weight is 239 g/mol. The van der Waals surface area contributed by atoms with Gasteiger partial charge in [-0.05, 0) is 17.7 Å². The molecule has 3 nitrogen and oxygen atoms in total. The highest BCUT2D eigenvalue weighted by Gasteiger charge is 2.28. The fraction of sp³-hybridized carbons (Fsp3) is 0.538. The van der Waals surface area contributed by atoms with Crippen molar-refractivity contribution in [2.24, 2.45) is 0 Å². The van der Waals surface area contributed by atoms with Crippen LogP contribution in [-0.4, -0.2) is 30.5 Å². The average Bonchev–Trinajstić information content (AvgIpc) is 2.30. The van der Waals surface area contributed by atoms with Crippen molar-refractivity contribution in [1.82, 2.24) is 5.32 Å². The number of nitrogens with one attached hydrogen (secondary N) is 1. The second-order valence-corrected chi connectivity index (χ2v) is 4.57. The van der Waals surface area contributed by atoms with Crippen molar-refractivity contribution in [1.29, 1.82) is 0 Å². The van der Waals surface area contributed by atoms with Gasteiger partial charge in [0, 0.05) is 39.1 Å². The molecule has 0 aliphatic carbocycles. The minimum atomic E-state index is -0.675. The topological polar surface area (TPSA) is 41.5 Å². The van der Waals surface area contributed by atoms with Crippen LogP contribution in [-0.2, 0) is 11.3 Å². The number of hydrogen-bond donors (Lipinski definition) is 2. The third kappa shape index (κ3) is 3.77. The van der Waals surface area contributed by atoms with Crippen LogP contribution in [0.2, 0.25) is 0 Å². The van der Waals surface area contributed by atoms with Crippen LogP contribution in [0, 0.1) is 5.82 Å². The van der Waals surface area contributed by atoms with Gasteiger partial charge >= 0.3 is 0 Å². The Morgan fingerprint density at radius 1 is 1.35 bits per heavy atom. The van der Waals surface area contributed by atoms with Gasteiger partial charge in [0.25, 0.3) is 0 Å². The van der Waals surface area contributed by atoms with Gasteiger partial charge in [0.1, 0.15) is 5.82 Å². The van der Waals surface area contributed by atoms with Crippen LogP contribution < -0.4 is 5.32 Å². The monoisotopic (exact) mass is 239 g/mol. The van der Waals surface area contributed by atoms with Crippen LogP contribution in [0.3, 0.4) is 0 Å². The number of rotatable bonds is 4. The van der Waals surface area contributed by atoms with Crippen molar-refractivity contribution in [2.75, 3.05) is 19.8 Å². The first-order chi connectivity index (χ1) is 8.18. The van der Waals surface area contributed by atoms with Crippen molar-refractivity contribution < 1.29 is 14.2 Å². The van der Waals surface area contributed by atoms with Crippen molar-refractivity contribution >= 4 is 0 Å². The first-order valence-corrected chi connectivity index (χ1v) is 5.93. The summed E-state index contributed by atoms with van der Waals surface area (Å²) >= 11 is 0. The fourth-order valence-electron chi connectivity index (χ4n) is 2.01. The predicted molar refractivity (Wildman–Crippen MR) is 63.1 cm³/mol. The Morgan fingerprint density at radius 3 is 2.82 bits per heavy atom. The third-order valence-electron chi connectivity index (χ3n) is 3.10. The first kappa shape index (κ1) is 12.5. The SMILES string of the molecule is OC1(CNCc2cccc(F)c2)CCOCC1. The molecule has 0 atom stereocenters. The van der Waals surface area contributed by atoms with E-state index in [0.29, 0.717) is 39.1 Å². The van der Waals surface area contributed by atoms with Crippen LogP contribution in [0.4, 0.5) is 4.39 Å². The van der Waals surface area contributed by atoms with Gasteiger partial charge in [-0.2, -0.15) is 0 Å². The van der Waals surface area contributed by atoms with Gasteiger partial charge in [0.2, 0.25) is 0 Å². The van der Waals surface area contributed by atoms with E-state index in [4.69, 9.17) is 4.74 Å². The number of aliphatic hydroxyl groups is 1. The maximum Gasteiger partial charge on any atom is 0.123 e. The lowest BCUT2D eigenvalue weighted by molar-refractivity contribution is -0.0617. The van der Waals surface area contributed by atoms with E-state index in [-0.39, 0.29) is 5.82 Å². The van der Waals surface area contributed by atoms with E-state index >= 15 is 0 Å².